The van der Waals surface area contributed by atoms with Gasteiger partial charge in [-0.3, -0.25) is 9.50 Å². The van der Waals surface area contributed by atoms with Crippen molar-refractivity contribution in [2.45, 2.75) is 6.92 Å². The molecule has 0 spiro atoms. The van der Waals surface area contributed by atoms with Crippen molar-refractivity contribution >= 4 is 28.8 Å². The highest BCUT2D eigenvalue weighted by Crippen LogP contribution is 2.28. The molecule has 2 aromatic heterocycles. The lowest BCUT2D eigenvalue weighted by molar-refractivity contribution is 0.418. The Labute approximate surface area is 103 Å². The van der Waals surface area contributed by atoms with Crippen molar-refractivity contribution in [3.8, 4) is 5.75 Å². The SMILES string of the molecule is COc1cccc2c(C)cc3n[nH]c(=S)n3c12. The van der Waals surface area contributed by atoms with Crippen LogP contribution in [0.5, 0.6) is 5.75 Å². The van der Waals surface area contributed by atoms with Gasteiger partial charge < -0.3 is 4.74 Å². The van der Waals surface area contributed by atoms with Crippen molar-refractivity contribution in [2.24, 2.45) is 0 Å². The summed E-state index contributed by atoms with van der Waals surface area (Å²) in [6.45, 7) is 2.06. The number of H-pyrrole nitrogens is 1. The first kappa shape index (κ1) is 10.3. The summed E-state index contributed by atoms with van der Waals surface area (Å²) in [6.07, 6.45) is 0. The minimum atomic E-state index is 0.578. The summed E-state index contributed by atoms with van der Waals surface area (Å²) in [6, 6.07) is 7.97. The molecule has 86 valence electrons. The van der Waals surface area contributed by atoms with Crippen LogP contribution in [0, 0.1) is 11.7 Å². The number of ether oxygens (including phenoxy) is 1. The quantitative estimate of drug-likeness (QED) is 0.670. The summed E-state index contributed by atoms with van der Waals surface area (Å²) in [5, 5.41) is 8.12. The molecule has 0 fully saturated rings. The second-order valence-electron chi connectivity index (χ2n) is 3.91. The Morgan fingerprint density at radius 3 is 3.00 bits per heavy atom. The lowest BCUT2D eigenvalue weighted by Crippen LogP contribution is -1.95. The van der Waals surface area contributed by atoms with Gasteiger partial charge in [0.25, 0.3) is 0 Å². The van der Waals surface area contributed by atoms with E-state index < -0.39 is 0 Å². The zero-order valence-electron chi connectivity index (χ0n) is 9.52. The molecule has 0 aliphatic heterocycles. The molecule has 5 heteroatoms. The molecule has 0 saturated carbocycles. The third-order valence-electron chi connectivity index (χ3n) is 2.91. The molecule has 1 N–H and O–H groups in total. The molecule has 1 aromatic carbocycles. The van der Waals surface area contributed by atoms with Crippen LogP contribution < -0.4 is 4.74 Å². The molecule has 0 aliphatic carbocycles. The monoisotopic (exact) mass is 245 g/mol. The second kappa shape index (κ2) is 3.56. The van der Waals surface area contributed by atoms with Crippen LogP contribution in [-0.2, 0) is 0 Å². The first-order valence-electron chi connectivity index (χ1n) is 5.26. The van der Waals surface area contributed by atoms with Crippen molar-refractivity contribution in [3.05, 3.63) is 34.6 Å². The smallest absolute Gasteiger partial charge is 0.200 e. The fourth-order valence-corrected chi connectivity index (χ4v) is 2.36. The van der Waals surface area contributed by atoms with E-state index in [-0.39, 0.29) is 0 Å². The van der Waals surface area contributed by atoms with Crippen LogP contribution in [0.2, 0.25) is 0 Å². The van der Waals surface area contributed by atoms with Gasteiger partial charge in [-0.1, -0.05) is 12.1 Å². The van der Waals surface area contributed by atoms with Gasteiger partial charge in [-0.15, -0.1) is 0 Å². The van der Waals surface area contributed by atoms with E-state index in [4.69, 9.17) is 17.0 Å². The highest BCUT2D eigenvalue weighted by molar-refractivity contribution is 7.71. The van der Waals surface area contributed by atoms with E-state index in [9.17, 15) is 0 Å². The predicted octanol–water partition coefficient (Wildman–Crippen LogP) is 2.86. The number of para-hydroxylation sites is 1. The van der Waals surface area contributed by atoms with Gasteiger partial charge in [0, 0.05) is 5.39 Å². The number of nitrogens with one attached hydrogen (secondary N) is 1. The molecule has 0 unspecified atom stereocenters. The largest absolute Gasteiger partial charge is 0.495 e. The second-order valence-corrected chi connectivity index (χ2v) is 4.29. The number of pyridine rings is 1. The number of aryl methyl sites for hydroxylation is 1. The average Bonchev–Trinajstić information content (AvgIpc) is 2.70. The minimum Gasteiger partial charge on any atom is -0.495 e. The van der Waals surface area contributed by atoms with Gasteiger partial charge in [-0.2, -0.15) is 5.10 Å². The molecule has 0 radical (unpaired) electrons. The van der Waals surface area contributed by atoms with Crippen LogP contribution in [0.1, 0.15) is 5.56 Å². The van der Waals surface area contributed by atoms with Crippen LogP contribution >= 0.6 is 12.2 Å². The number of benzene rings is 1. The third-order valence-corrected chi connectivity index (χ3v) is 3.19. The van der Waals surface area contributed by atoms with Crippen molar-refractivity contribution in [1.82, 2.24) is 14.6 Å². The maximum Gasteiger partial charge on any atom is 0.200 e. The molecule has 17 heavy (non-hydrogen) atoms. The van der Waals surface area contributed by atoms with Gasteiger partial charge in [-0.25, -0.2) is 0 Å². The number of aromatic amines is 1. The van der Waals surface area contributed by atoms with E-state index >= 15 is 0 Å². The average molecular weight is 245 g/mol. The summed E-state index contributed by atoms with van der Waals surface area (Å²) in [5.41, 5.74) is 2.92. The van der Waals surface area contributed by atoms with Gasteiger partial charge in [-0.05, 0) is 36.8 Å². The zero-order valence-corrected chi connectivity index (χ0v) is 10.3. The molecule has 0 aliphatic rings. The number of fused-ring (bicyclic) bond motifs is 3. The normalized spacial score (nSPS) is 11.2. The van der Waals surface area contributed by atoms with Crippen LogP contribution in [0.3, 0.4) is 0 Å². The molecule has 4 nitrogen and oxygen atoms in total. The van der Waals surface area contributed by atoms with E-state index in [1.54, 1.807) is 7.11 Å². The number of methoxy groups -OCH3 is 1. The predicted molar refractivity (Wildman–Crippen MR) is 69.2 cm³/mol. The molecule has 0 atom stereocenters. The van der Waals surface area contributed by atoms with E-state index in [2.05, 4.69) is 23.2 Å². The first-order valence-corrected chi connectivity index (χ1v) is 5.66. The standard InChI is InChI=1S/C12H11N3OS/c1-7-6-10-13-14-12(17)15(10)11-8(7)4-3-5-9(11)16-2/h3-6H,1-2H3,(H,14,17). The summed E-state index contributed by atoms with van der Waals surface area (Å²) in [7, 11) is 1.66. The number of aromatic nitrogens is 3. The fourth-order valence-electron chi connectivity index (χ4n) is 2.13. The van der Waals surface area contributed by atoms with Crippen LogP contribution in [-0.4, -0.2) is 21.7 Å². The topological polar surface area (TPSA) is 42.3 Å². The van der Waals surface area contributed by atoms with E-state index in [0.717, 1.165) is 27.9 Å². The number of hydrogen-bond acceptors (Lipinski definition) is 3. The highest BCUT2D eigenvalue weighted by atomic mass is 32.1. The van der Waals surface area contributed by atoms with Gasteiger partial charge in [0.1, 0.15) is 5.75 Å². The van der Waals surface area contributed by atoms with Crippen molar-refractivity contribution in [3.63, 3.8) is 0 Å². The van der Waals surface area contributed by atoms with Crippen LogP contribution in [0.15, 0.2) is 24.3 Å². The minimum absolute atomic E-state index is 0.578. The molecule has 3 aromatic rings. The van der Waals surface area contributed by atoms with Crippen LogP contribution in [0.4, 0.5) is 0 Å². The third kappa shape index (κ3) is 1.36. The Bertz CT molecular complexity index is 772. The van der Waals surface area contributed by atoms with E-state index in [1.807, 2.05) is 22.6 Å². The lowest BCUT2D eigenvalue weighted by Gasteiger charge is -2.09. The highest BCUT2D eigenvalue weighted by Gasteiger charge is 2.10. The molecular formula is C12H11N3OS. The maximum absolute atomic E-state index is 5.41. The first-order chi connectivity index (χ1) is 8.22. The van der Waals surface area contributed by atoms with Gasteiger partial charge >= 0.3 is 0 Å². The summed E-state index contributed by atoms with van der Waals surface area (Å²) in [4.78, 5) is 0. The Kier molecular flexibility index (Phi) is 2.16. The maximum atomic E-state index is 5.41. The van der Waals surface area contributed by atoms with E-state index in [1.165, 1.54) is 0 Å². The Hall–Kier alpha value is -1.88. The van der Waals surface area contributed by atoms with E-state index in [0.29, 0.717) is 4.77 Å². The van der Waals surface area contributed by atoms with Crippen molar-refractivity contribution < 1.29 is 4.74 Å². The number of rotatable bonds is 1. The van der Waals surface area contributed by atoms with Crippen molar-refractivity contribution in [1.29, 1.82) is 0 Å². The van der Waals surface area contributed by atoms with Gasteiger partial charge in [0.05, 0.1) is 12.6 Å². The summed E-state index contributed by atoms with van der Waals surface area (Å²) >= 11 is 5.25. The molecule has 3 rings (SSSR count). The zero-order chi connectivity index (χ0) is 12.0. The summed E-state index contributed by atoms with van der Waals surface area (Å²) < 4.78 is 7.88. The number of hydrogen-bond donors (Lipinski definition) is 1. The van der Waals surface area contributed by atoms with Crippen LogP contribution in [0.25, 0.3) is 16.6 Å². The Balaban J connectivity index is 2.70. The Morgan fingerprint density at radius 1 is 1.41 bits per heavy atom. The molecule has 0 bridgehead atoms. The van der Waals surface area contributed by atoms with Crippen molar-refractivity contribution in [2.75, 3.05) is 7.11 Å². The molecular weight excluding hydrogens is 234 g/mol. The van der Waals surface area contributed by atoms with Gasteiger partial charge in [0.2, 0.25) is 0 Å². The fraction of sp³-hybridized carbons (Fsp3) is 0.167. The molecule has 2 heterocycles. The lowest BCUT2D eigenvalue weighted by atomic mass is 10.1. The molecule has 0 saturated heterocycles. The number of nitrogens with zero attached hydrogens (tertiary/aromatic N) is 2. The Morgan fingerprint density at radius 2 is 2.24 bits per heavy atom. The van der Waals surface area contributed by atoms with Gasteiger partial charge in [0.15, 0.2) is 10.4 Å². The molecule has 0 amide bonds. The summed E-state index contributed by atoms with van der Waals surface area (Å²) in [5.74, 6) is 0.800.